The summed E-state index contributed by atoms with van der Waals surface area (Å²) in [6.45, 7) is 5.35. The second-order valence-corrected chi connectivity index (χ2v) is 6.04. The average Bonchev–Trinajstić information content (AvgIpc) is 2.49. The molecule has 0 spiro atoms. The maximum absolute atomic E-state index is 11.9. The van der Waals surface area contributed by atoms with E-state index in [1.165, 1.54) is 0 Å². The Hall–Kier alpha value is -1.03. The van der Waals surface area contributed by atoms with E-state index in [9.17, 15) is 4.79 Å². The zero-order valence-electron chi connectivity index (χ0n) is 12.1. The van der Waals surface area contributed by atoms with Crippen molar-refractivity contribution < 1.29 is 4.79 Å². The number of nitrogens with zero attached hydrogens (tertiary/aromatic N) is 1. The van der Waals surface area contributed by atoms with E-state index in [0.29, 0.717) is 10.0 Å². The van der Waals surface area contributed by atoms with Crippen LogP contribution in [0.3, 0.4) is 0 Å². The Bertz CT molecular complexity index is 523. The average molecular weight is 327 g/mol. The highest BCUT2D eigenvalue weighted by atomic mass is 35.5. The van der Waals surface area contributed by atoms with Crippen molar-refractivity contribution in [2.45, 2.75) is 25.8 Å². The van der Waals surface area contributed by atoms with Crippen molar-refractivity contribution in [2.24, 2.45) is 0 Å². The molecule has 0 saturated carbocycles. The van der Waals surface area contributed by atoms with Gasteiger partial charge in [0.05, 0.1) is 10.0 Å². The number of carbonyl (C=O) groups is 1. The molecule has 0 bridgehead atoms. The molecule has 0 radical (unpaired) electrons. The van der Waals surface area contributed by atoms with E-state index in [1.54, 1.807) is 24.3 Å². The first kappa shape index (κ1) is 16.3. The van der Waals surface area contributed by atoms with Crippen LogP contribution in [0.25, 0.3) is 6.08 Å². The van der Waals surface area contributed by atoms with Gasteiger partial charge in [0, 0.05) is 25.2 Å². The molecule has 0 unspecified atom stereocenters. The molecular formula is C16H20Cl2N2O. The van der Waals surface area contributed by atoms with Gasteiger partial charge in [-0.2, -0.15) is 0 Å². The number of carbonyl (C=O) groups excluding carboxylic acids is 1. The molecular weight excluding hydrogens is 307 g/mol. The third-order valence-electron chi connectivity index (χ3n) is 3.75. The molecule has 1 aromatic rings. The van der Waals surface area contributed by atoms with Gasteiger partial charge in [-0.05, 0) is 43.2 Å². The first-order valence-electron chi connectivity index (χ1n) is 7.24. The Morgan fingerprint density at radius 1 is 1.33 bits per heavy atom. The maximum atomic E-state index is 11.9. The van der Waals surface area contributed by atoms with E-state index in [-0.39, 0.29) is 11.9 Å². The molecule has 1 heterocycles. The van der Waals surface area contributed by atoms with Crippen LogP contribution in [0.5, 0.6) is 0 Å². The summed E-state index contributed by atoms with van der Waals surface area (Å²) in [6, 6.07) is 5.58. The predicted molar refractivity (Wildman–Crippen MR) is 88.8 cm³/mol. The number of likely N-dealkylation sites (tertiary alicyclic amines) is 1. The van der Waals surface area contributed by atoms with E-state index < -0.39 is 0 Å². The summed E-state index contributed by atoms with van der Waals surface area (Å²) in [7, 11) is 0. The van der Waals surface area contributed by atoms with Gasteiger partial charge in [0.2, 0.25) is 5.91 Å². The number of hydrogen-bond donors (Lipinski definition) is 1. The lowest BCUT2D eigenvalue weighted by atomic mass is 10.1. The van der Waals surface area contributed by atoms with Crippen molar-refractivity contribution >= 4 is 35.2 Å². The van der Waals surface area contributed by atoms with E-state index in [1.807, 2.05) is 6.07 Å². The van der Waals surface area contributed by atoms with E-state index >= 15 is 0 Å². The highest BCUT2D eigenvalue weighted by Crippen LogP contribution is 2.23. The number of benzene rings is 1. The minimum Gasteiger partial charge on any atom is -0.350 e. The quantitative estimate of drug-likeness (QED) is 0.857. The summed E-state index contributed by atoms with van der Waals surface area (Å²) in [6.07, 6.45) is 5.32. The first-order chi connectivity index (χ1) is 10.1. The molecule has 0 aromatic heterocycles. The minimum atomic E-state index is -0.0592. The standard InChI is InChI=1S/C16H20Cl2N2O/c1-2-20-9-7-13(8-10-20)19-16(21)6-4-12-3-5-14(17)15(18)11-12/h3-6,11,13H,2,7-10H2,1H3,(H,19,21)/b6-4+. The van der Waals surface area contributed by atoms with E-state index in [0.717, 1.165) is 38.0 Å². The third kappa shape index (κ3) is 5.03. The number of hydrogen-bond acceptors (Lipinski definition) is 2. The predicted octanol–water partition coefficient (Wildman–Crippen LogP) is 3.61. The van der Waals surface area contributed by atoms with Crippen LogP contribution in [0.2, 0.25) is 10.0 Å². The second kappa shape index (κ2) is 7.83. The van der Waals surface area contributed by atoms with Gasteiger partial charge < -0.3 is 10.2 Å². The molecule has 2 rings (SSSR count). The molecule has 1 N–H and O–H groups in total. The van der Waals surface area contributed by atoms with Crippen LogP contribution < -0.4 is 5.32 Å². The molecule has 0 atom stereocenters. The molecule has 21 heavy (non-hydrogen) atoms. The van der Waals surface area contributed by atoms with Crippen molar-refractivity contribution in [3.63, 3.8) is 0 Å². The molecule has 1 aromatic carbocycles. The van der Waals surface area contributed by atoms with Crippen molar-refractivity contribution in [3.05, 3.63) is 39.9 Å². The largest absolute Gasteiger partial charge is 0.350 e. The molecule has 5 heteroatoms. The summed E-state index contributed by atoms with van der Waals surface area (Å²) in [5, 5.41) is 4.05. The zero-order chi connectivity index (χ0) is 15.2. The van der Waals surface area contributed by atoms with E-state index in [2.05, 4.69) is 17.1 Å². The van der Waals surface area contributed by atoms with Crippen molar-refractivity contribution in [3.8, 4) is 0 Å². The van der Waals surface area contributed by atoms with Gasteiger partial charge in [0.15, 0.2) is 0 Å². The monoisotopic (exact) mass is 326 g/mol. The Labute approximate surface area is 135 Å². The van der Waals surface area contributed by atoms with E-state index in [4.69, 9.17) is 23.2 Å². The van der Waals surface area contributed by atoms with Crippen LogP contribution in [-0.4, -0.2) is 36.5 Å². The molecule has 0 aliphatic carbocycles. The molecule has 1 aliphatic heterocycles. The van der Waals surface area contributed by atoms with Gasteiger partial charge in [-0.25, -0.2) is 0 Å². The number of piperidine rings is 1. The minimum absolute atomic E-state index is 0.0592. The molecule has 3 nitrogen and oxygen atoms in total. The number of amides is 1. The van der Waals surface area contributed by atoms with Crippen molar-refractivity contribution in [1.29, 1.82) is 0 Å². The topological polar surface area (TPSA) is 32.3 Å². The van der Waals surface area contributed by atoms with Gasteiger partial charge in [-0.3, -0.25) is 4.79 Å². The highest BCUT2D eigenvalue weighted by molar-refractivity contribution is 6.42. The van der Waals surface area contributed by atoms with Crippen molar-refractivity contribution in [2.75, 3.05) is 19.6 Å². The summed E-state index contributed by atoms with van der Waals surface area (Å²) in [5.74, 6) is -0.0592. The smallest absolute Gasteiger partial charge is 0.244 e. The van der Waals surface area contributed by atoms with Crippen LogP contribution in [0.1, 0.15) is 25.3 Å². The van der Waals surface area contributed by atoms with Crippen LogP contribution in [0.15, 0.2) is 24.3 Å². The van der Waals surface area contributed by atoms with Gasteiger partial charge in [0.25, 0.3) is 0 Å². The summed E-state index contributed by atoms with van der Waals surface area (Å²) in [4.78, 5) is 14.3. The SMILES string of the molecule is CCN1CCC(NC(=O)/C=C/c2ccc(Cl)c(Cl)c2)CC1. The van der Waals surface area contributed by atoms with Crippen LogP contribution >= 0.6 is 23.2 Å². The fourth-order valence-electron chi connectivity index (χ4n) is 2.43. The van der Waals surface area contributed by atoms with Crippen molar-refractivity contribution in [1.82, 2.24) is 10.2 Å². The zero-order valence-corrected chi connectivity index (χ0v) is 13.6. The molecule has 1 aliphatic rings. The van der Waals surface area contributed by atoms with Gasteiger partial charge in [0.1, 0.15) is 0 Å². The normalized spacial score (nSPS) is 17.3. The molecule has 1 amide bonds. The third-order valence-corrected chi connectivity index (χ3v) is 4.49. The lowest BCUT2D eigenvalue weighted by Gasteiger charge is -2.31. The summed E-state index contributed by atoms with van der Waals surface area (Å²) >= 11 is 11.8. The summed E-state index contributed by atoms with van der Waals surface area (Å²) < 4.78 is 0. The fraction of sp³-hybridized carbons (Fsp3) is 0.438. The van der Waals surface area contributed by atoms with Gasteiger partial charge in [-0.1, -0.05) is 36.2 Å². The van der Waals surface area contributed by atoms with Crippen LogP contribution in [-0.2, 0) is 4.79 Å². The molecule has 1 saturated heterocycles. The Morgan fingerprint density at radius 2 is 2.05 bits per heavy atom. The van der Waals surface area contributed by atoms with Crippen LogP contribution in [0.4, 0.5) is 0 Å². The maximum Gasteiger partial charge on any atom is 0.244 e. The molecule has 114 valence electrons. The second-order valence-electron chi connectivity index (χ2n) is 5.22. The fourth-order valence-corrected chi connectivity index (χ4v) is 2.74. The highest BCUT2D eigenvalue weighted by Gasteiger charge is 2.18. The Balaban J connectivity index is 1.84. The number of rotatable bonds is 4. The molecule has 1 fully saturated rings. The number of halogens is 2. The lowest BCUT2D eigenvalue weighted by molar-refractivity contribution is -0.117. The first-order valence-corrected chi connectivity index (χ1v) is 8.00. The van der Waals surface area contributed by atoms with Gasteiger partial charge >= 0.3 is 0 Å². The Morgan fingerprint density at radius 3 is 2.67 bits per heavy atom. The van der Waals surface area contributed by atoms with Gasteiger partial charge in [-0.15, -0.1) is 0 Å². The summed E-state index contributed by atoms with van der Waals surface area (Å²) in [5.41, 5.74) is 0.861. The number of nitrogens with one attached hydrogen (secondary N) is 1. The van der Waals surface area contributed by atoms with Crippen LogP contribution in [0, 0.1) is 0 Å². The Kier molecular flexibility index (Phi) is 6.09. The lowest BCUT2D eigenvalue weighted by Crippen LogP contribution is -2.44.